The summed E-state index contributed by atoms with van der Waals surface area (Å²) in [5.74, 6) is 0.775. The molecular formula is C10H20O4S. The van der Waals surface area contributed by atoms with Crippen molar-refractivity contribution in [3.8, 4) is 0 Å². The molecule has 0 saturated heterocycles. The minimum absolute atomic E-state index is 0.447. The maximum absolute atomic E-state index is 10.8. The summed E-state index contributed by atoms with van der Waals surface area (Å²) in [5, 5.41) is 18.1. The molecule has 0 saturated carbocycles. The van der Waals surface area contributed by atoms with E-state index in [-0.39, 0.29) is 0 Å². The van der Waals surface area contributed by atoms with E-state index in [9.17, 15) is 9.90 Å². The molecule has 0 amide bonds. The highest BCUT2D eigenvalue weighted by Gasteiger charge is 2.22. The molecule has 0 aliphatic heterocycles. The van der Waals surface area contributed by atoms with Crippen molar-refractivity contribution in [1.29, 1.82) is 0 Å². The molecule has 0 aromatic carbocycles. The maximum atomic E-state index is 10.8. The number of carboxylic acids is 1. The minimum Gasteiger partial charge on any atom is -0.479 e. The number of carbonyl (C=O) groups is 1. The average molecular weight is 236 g/mol. The van der Waals surface area contributed by atoms with Crippen molar-refractivity contribution in [2.45, 2.75) is 45.5 Å². The highest BCUT2D eigenvalue weighted by atomic mass is 32.2. The first kappa shape index (κ1) is 14.7. The Kier molecular flexibility index (Phi) is 7.82. The predicted octanol–water partition coefficient (Wildman–Crippen LogP) is 1.37. The summed E-state index contributed by atoms with van der Waals surface area (Å²) in [4.78, 5) is 10.8. The molecule has 0 aromatic rings. The van der Waals surface area contributed by atoms with Crippen molar-refractivity contribution in [1.82, 2.24) is 0 Å². The summed E-state index contributed by atoms with van der Waals surface area (Å²) in [6.45, 7) is 5.29. The van der Waals surface area contributed by atoms with Crippen LogP contribution in [0.1, 0.15) is 27.2 Å². The van der Waals surface area contributed by atoms with E-state index in [1.54, 1.807) is 25.6 Å². The van der Waals surface area contributed by atoms with E-state index in [2.05, 4.69) is 0 Å². The van der Waals surface area contributed by atoms with Gasteiger partial charge in [-0.25, -0.2) is 4.79 Å². The number of hydrogen-bond acceptors (Lipinski definition) is 4. The number of carboxylic acid groups (broad SMARTS) is 1. The lowest BCUT2D eigenvalue weighted by molar-refractivity contribution is -0.157. The second-order valence-electron chi connectivity index (χ2n) is 3.39. The number of thioether (sulfide) groups is 1. The molecule has 0 radical (unpaired) electrons. The smallest absolute Gasteiger partial charge is 0.332 e. The number of aliphatic hydroxyl groups is 1. The van der Waals surface area contributed by atoms with Crippen molar-refractivity contribution in [3.05, 3.63) is 0 Å². The maximum Gasteiger partial charge on any atom is 0.332 e. The van der Waals surface area contributed by atoms with Gasteiger partial charge in [0.2, 0.25) is 0 Å². The van der Waals surface area contributed by atoms with Crippen LogP contribution in [0.15, 0.2) is 0 Å². The SMILES string of the molecule is CCSCCC(OC(C)C(C)O)C(=O)O. The summed E-state index contributed by atoms with van der Waals surface area (Å²) in [6.07, 6.45) is -1.43. The standard InChI is InChI=1S/C10H20O4S/c1-4-15-6-5-9(10(12)13)14-8(3)7(2)11/h7-9,11H,4-6H2,1-3H3,(H,12,13). The Bertz CT molecular complexity index is 184. The monoisotopic (exact) mass is 236 g/mol. The van der Waals surface area contributed by atoms with Crippen molar-refractivity contribution in [2.24, 2.45) is 0 Å². The molecule has 3 unspecified atom stereocenters. The Morgan fingerprint density at radius 2 is 2.07 bits per heavy atom. The number of rotatable bonds is 8. The molecule has 0 fully saturated rings. The minimum atomic E-state index is -0.959. The van der Waals surface area contributed by atoms with Gasteiger partial charge in [-0.15, -0.1) is 0 Å². The zero-order valence-corrected chi connectivity index (χ0v) is 10.3. The first-order valence-electron chi connectivity index (χ1n) is 5.13. The largest absolute Gasteiger partial charge is 0.479 e. The second-order valence-corrected chi connectivity index (χ2v) is 4.79. The van der Waals surface area contributed by atoms with Gasteiger partial charge >= 0.3 is 5.97 Å². The van der Waals surface area contributed by atoms with Gasteiger partial charge in [0, 0.05) is 0 Å². The van der Waals surface area contributed by atoms with Crippen LogP contribution in [-0.2, 0) is 9.53 Å². The van der Waals surface area contributed by atoms with Crippen molar-refractivity contribution in [2.75, 3.05) is 11.5 Å². The Balaban J connectivity index is 3.99. The van der Waals surface area contributed by atoms with Crippen LogP contribution in [0.4, 0.5) is 0 Å². The van der Waals surface area contributed by atoms with Crippen molar-refractivity contribution in [3.63, 3.8) is 0 Å². The topological polar surface area (TPSA) is 66.8 Å². The van der Waals surface area contributed by atoms with Gasteiger partial charge in [0.05, 0.1) is 12.2 Å². The highest BCUT2D eigenvalue weighted by Crippen LogP contribution is 2.11. The van der Waals surface area contributed by atoms with Crippen LogP contribution in [0.3, 0.4) is 0 Å². The second kappa shape index (κ2) is 7.96. The third-order valence-electron chi connectivity index (χ3n) is 2.06. The van der Waals surface area contributed by atoms with Crippen LogP contribution in [-0.4, -0.2) is 46.0 Å². The molecule has 0 rings (SSSR count). The molecule has 0 aromatic heterocycles. The van der Waals surface area contributed by atoms with Gasteiger partial charge in [0.15, 0.2) is 6.10 Å². The average Bonchev–Trinajstić information content (AvgIpc) is 2.15. The summed E-state index contributed by atoms with van der Waals surface area (Å²) in [7, 11) is 0. The number of hydrogen-bond donors (Lipinski definition) is 2. The van der Waals surface area contributed by atoms with Gasteiger partial charge in [-0.05, 0) is 31.8 Å². The van der Waals surface area contributed by atoms with E-state index in [0.717, 1.165) is 11.5 Å². The van der Waals surface area contributed by atoms with E-state index >= 15 is 0 Å². The molecular weight excluding hydrogens is 216 g/mol. The van der Waals surface area contributed by atoms with Crippen LogP contribution < -0.4 is 0 Å². The lowest BCUT2D eigenvalue weighted by Gasteiger charge is -2.21. The summed E-state index contributed by atoms with van der Waals surface area (Å²) in [6, 6.07) is 0. The fourth-order valence-corrected chi connectivity index (χ4v) is 1.63. The van der Waals surface area contributed by atoms with Crippen LogP contribution >= 0.6 is 11.8 Å². The van der Waals surface area contributed by atoms with Gasteiger partial charge in [0.25, 0.3) is 0 Å². The third-order valence-corrected chi connectivity index (χ3v) is 2.99. The fraction of sp³-hybridized carbons (Fsp3) is 0.900. The molecule has 0 aliphatic rings. The summed E-state index contributed by atoms with van der Waals surface area (Å²) >= 11 is 1.68. The first-order chi connectivity index (χ1) is 6.99. The van der Waals surface area contributed by atoms with Gasteiger partial charge in [-0.1, -0.05) is 6.92 Å². The lowest BCUT2D eigenvalue weighted by Crippen LogP contribution is -2.33. The molecule has 15 heavy (non-hydrogen) atoms. The lowest BCUT2D eigenvalue weighted by atomic mass is 10.2. The number of ether oxygens (including phenoxy) is 1. The van der Waals surface area contributed by atoms with E-state index < -0.39 is 24.3 Å². The molecule has 0 spiro atoms. The Morgan fingerprint density at radius 3 is 2.47 bits per heavy atom. The Hall–Kier alpha value is -0.260. The molecule has 0 heterocycles. The van der Waals surface area contributed by atoms with Gasteiger partial charge < -0.3 is 14.9 Å². The van der Waals surface area contributed by atoms with Gasteiger partial charge in [-0.2, -0.15) is 11.8 Å². The van der Waals surface area contributed by atoms with E-state index in [1.165, 1.54) is 0 Å². The normalized spacial score (nSPS) is 17.1. The Labute approximate surface area is 95.0 Å². The molecule has 5 heteroatoms. The van der Waals surface area contributed by atoms with E-state index in [0.29, 0.717) is 6.42 Å². The fourth-order valence-electron chi connectivity index (χ4n) is 0.957. The van der Waals surface area contributed by atoms with Crippen molar-refractivity contribution < 1.29 is 19.7 Å². The van der Waals surface area contributed by atoms with Crippen LogP contribution in [0.25, 0.3) is 0 Å². The molecule has 0 bridgehead atoms. The van der Waals surface area contributed by atoms with E-state index in [1.807, 2.05) is 6.92 Å². The van der Waals surface area contributed by atoms with Crippen molar-refractivity contribution >= 4 is 17.7 Å². The molecule has 4 nitrogen and oxygen atoms in total. The van der Waals surface area contributed by atoms with E-state index in [4.69, 9.17) is 9.84 Å². The molecule has 2 N–H and O–H groups in total. The predicted molar refractivity (Wildman–Crippen MR) is 61.3 cm³/mol. The van der Waals surface area contributed by atoms with Crippen LogP contribution in [0, 0.1) is 0 Å². The number of aliphatic hydroxyl groups excluding tert-OH is 1. The molecule has 90 valence electrons. The van der Waals surface area contributed by atoms with Crippen LogP contribution in [0.2, 0.25) is 0 Å². The quantitative estimate of drug-likeness (QED) is 0.623. The highest BCUT2D eigenvalue weighted by molar-refractivity contribution is 7.99. The first-order valence-corrected chi connectivity index (χ1v) is 6.28. The van der Waals surface area contributed by atoms with Gasteiger partial charge in [-0.3, -0.25) is 0 Å². The zero-order chi connectivity index (χ0) is 11.8. The number of aliphatic carboxylic acids is 1. The third kappa shape index (κ3) is 6.76. The zero-order valence-electron chi connectivity index (χ0n) is 9.47. The molecule has 0 aliphatic carbocycles. The molecule has 3 atom stereocenters. The van der Waals surface area contributed by atoms with Crippen LogP contribution in [0.5, 0.6) is 0 Å². The summed E-state index contributed by atoms with van der Waals surface area (Å²) < 4.78 is 5.26. The van der Waals surface area contributed by atoms with Gasteiger partial charge in [0.1, 0.15) is 0 Å². The summed E-state index contributed by atoms with van der Waals surface area (Å²) in [5.41, 5.74) is 0. The Morgan fingerprint density at radius 1 is 1.47 bits per heavy atom.